The molecule has 0 saturated carbocycles. The fourth-order valence-electron chi connectivity index (χ4n) is 1.83. The quantitative estimate of drug-likeness (QED) is 0.367. The first-order chi connectivity index (χ1) is 8.50. The van der Waals surface area contributed by atoms with Gasteiger partial charge in [-0.1, -0.05) is 0 Å². The monoisotopic (exact) mass is 243 g/mol. The summed E-state index contributed by atoms with van der Waals surface area (Å²) in [6.07, 6.45) is 2.43. The largest absolute Gasteiger partial charge is 0.317 e. The predicted octanol–water partition coefficient (Wildman–Crippen LogP) is -1.27. The Hall–Kier alpha value is -0.200. The Kier molecular flexibility index (Phi) is 10.7. The minimum Gasteiger partial charge on any atom is -0.317 e. The van der Waals surface area contributed by atoms with Crippen LogP contribution in [0.2, 0.25) is 0 Å². The van der Waals surface area contributed by atoms with Gasteiger partial charge in [-0.05, 0) is 39.0 Å². The fraction of sp³-hybridized carbons (Fsp3) is 1.00. The van der Waals surface area contributed by atoms with E-state index in [2.05, 4.69) is 26.6 Å². The van der Waals surface area contributed by atoms with Crippen molar-refractivity contribution in [3.63, 3.8) is 0 Å². The van der Waals surface area contributed by atoms with Crippen LogP contribution in [0.25, 0.3) is 0 Å². The van der Waals surface area contributed by atoms with Gasteiger partial charge in [0.1, 0.15) is 0 Å². The maximum atomic E-state index is 3.47. The molecule has 0 radical (unpaired) electrons. The molecule has 0 unspecified atom stereocenters. The summed E-state index contributed by atoms with van der Waals surface area (Å²) in [5.74, 6) is 0. The van der Waals surface area contributed by atoms with Gasteiger partial charge in [0, 0.05) is 39.3 Å². The summed E-state index contributed by atoms with van der Waals surface area (Å²) >= 11 is 0. The molecule has 102 valence electrons. The molecule has 0 aliphatic carbocycles. The van der Waals surface area contributed by atoms with Crippen molar-refractivity contribution in [3.05, 3.63) is 0 Å². The second kappa shape index (κ2) is 12.3. The predicted molar refractivity (Wildman–Crippen MR) is 73.6 cm³/mol. The van der Waals surface area contributed by atoms with Crippen molar-refractivity contribution in [2.24, 2.45) is 0 Å². The van der Waals surface area contributed by atoms with Crippen LogP contribution < -0.4 is 26.6 Å². The van der Waals surface area contributed by atoms with Crippen molar-refractivity contribution in [1.29, 1.82) is 0 Å². The van der Waals surface area contributed by atoms with Crippen LogP contribution >= 0.6 is 0 Å². The third-order valence-corrected chi connectivity index (χ3v) is 2.85. The Balaban J connectivity index is 2.01. The molecule has 1 heterocycles. The second-order valence-corrected chi connectivity index (χ2v) is 4.46. The van der Waals surface area contributed by atoms with Crippen LogP contribution in [0.3, 0.4) is 0 Å². The van der Waals surface area contributed by atoms with E-state index in [-0.39, 0.29) is 0 Å². The minimum absolute atomic E-state index is 1.06. The summed E-state index contributed by atoms with van der Waals surface area (Å²) in [6, 6.07) is 0. The van der Waals surface area contributed by atoms with Gasteiger partial charge in [-0.15, -0.1) is 0 Å². The molecule has 5 nitrogen and oxygen atoms in total. The highest BCUT2D eigenvalue weighted by Crippen LogP contribution is 1.77. The summed E-state index contributed by atoms with van der Waals surface area (Å²) in [6.45, 7) is 10.9. The second-order valence-electron chi connectivity index (χ2n) is 4.46. The van der Waals surface area contributed by atoms with Gasteiger partial charge in [-0.3, -0.25) is 0 Å². The van der Waals surface area contributed by atoms with Crippen molar-refractivity contribution in [1.82, 2.24) is 26.6 Å². The molecule has 5 N–H and O–H groups in total. The number of hydrogen-bond donors (Lipinski definition) is 5. The molecule has 0 spiro atoms. The van der Waals surface area contributed by atoms with Crippen LogP contribution in [0.1, 0.15) is 12.8 Å². The van der Waals surface area contributed by atoms with Crippen LogP contribution in [0.15, 0.2) is 0 Å². The van der Waals surface area contributed by atoms with E-state index in [1.54, 1.807) is 0 Å². The normalized spacial score (nSPS) is 24.0. The molecule has 5 heteroatoms. The summed E-state index contributed by atoms with van der Waals surface area (Å²) in [7, 11) is 0. The van der Waals surface area contributed by atoms with E-state index in [0.717, 1.165) is 65.4 Å². The first-order valence-electron chi connectivity index (χ1n) is 7.04. The van der Waals surface area contributed by atoms with Crippen LogP contribution in [-0.4, -0.2) is 65.4 Å². The van der Waals surface area contributed by atoms with Gasteiger partial charge in [0.2, 0.25) is 0 Å². The third-order valence-electron chi connectivity index (χ3n) is 2.85. The van der Waals surface area contributed by atoms with Crippen molar-refractivity contribution < 1.29 is 0 Å². The average Bonchev–Trinajstić information content (AvgIpc) is 2.35. The molecule has 0 aromatic rings. The Bertz CT molecular complexity index is 84.3. The molecule has 0 aromatic heterocycles. The molecule has 1 aliphatic heterocycles. The van der Waals surface area contributed by atoms with Gasteiger partial charge >= 0.3 is 0 Å². The number of hydrogen-bond acceptors (Lipinski definition) is 5. The summed E-state index contributed by atoms with van der Waals surface area (Å²) in [5, 5.41) is 17.2. The van der Waals surface area contributed by atoms with Gasteiger partial charge < -0.3 is 26.6 Å². The molecular formula is C12H29N5. The van der Waals surface area contributed by atoms with Crippen LogP contribution in [0.5, 0.6) is 0 Å². The van der Waals surface area contributed by atoms with Gasteiger partial charge in [-0.25, -0.2) is 0 Å². The molecule has 1 aliphatic rings. The van der Waals surface area contributed by atoms with E-state index in [1.807, 2.05) is 0 Å². The van der Waals surface area contributed by atoms with Gasteiger partial charge in [0.05, 0.1) is 0 Å². The summed E-state index contributed by atoms with van der Waals surface area (Å²) in [5.41, 5.74) is 0. The van der Waals surface area contributed by atoms with E-state index < -0.39 is 0 Å². The lowest BCUT2D eigenvalue weighted by Crippen LogP contribution is -2.35. The van der Waals surface area contributed by atoms with E-state index in [9.17, 15) is 0 Å². The van der Waals surface area contributed by atoms with Crippen LogP contribution in [0, 0.1) is 0 Å². The van der Waals surface area contributed by atoms with Crippen molar-refractivity contribution in [2.45, 2.75) is 12.8 Å². The highest BCUT2D eigenvalue weighted by molar-refractivity contribution is 4.59. The first-order valence-corrected chi connectivity index (χ1v) is 7.04. The summed E-state index contributed by atoms with van der Waals surface area (Å²) in [4.78, 5) is 0. The van der Waals surface area contributed by atoms with E-state index in [1.165, 1.54) is 12.8 Å². The molecule has 0 amide bonds. The summed E-state index contributed by atoms with van der Waals surface area (Å²) < 4.78 is 0. The molecular weight excluding hydrogens is 214 g/mol. The molecule has 0 atom stereocenters. The average molecular weight is 243 g/mol. The standard InChI is InChI=1S/C12H29N5/c1-3-13-4-2-6-15-8-10-17-12-11-16-9-7-14-5-1/h13-17H,1-12H2. The van der Waals surface area contributed by atoms with E-state index in [0.29, 0.717) is 0 Å². The lowest BCUT2D eigenvalue weighted by molar-refractivity contribution is 0.563. The molecule has 1 rings (SSSR count). The van der Waals surface area contributed by atoms with E-state index in [4.69, 9.17) is 0 Å². The molecule has 1 fully saturated rings. The lowest BCUT2D eigenvalue weighted by atomic mass is 10.3. The Morgan fingerprint density at radius 3 is 0.882 bits per heavy atom. The van der Waals surface area contributed by atoms with Crippen molar-refractivity contribution in [3.8, 4) is 0 Å². The zero-order chi connectivity index (χ0) is 12.0. The topological polar surface area (TPSA) is 60.1 Å². The third kappa shape index (κ3) is 10.7. The highest BCUT2D eigenvalue weighted by atomic mass is 15.0. The molecule has 17 heavy (non-hydrogen) atoms. The van der Waals surface area contributed by atoms with Gasteiger partial charge in [0.25, 0.3) is 0 Å². The maximum absolute atomic E-state index is 3.47. The maximum Gasteiger partial charge on any atom is 0.00772 e. The Morgan fingerprint density at radius 2 is 0.529 bits per heavy atom. The van der Waals surface area contributed by atoms with Gasteiger partial charge in [0.15, 0.2) is 0 Å². The van der Waals surface area contributed by atoms with Crippen LogP contribution in [-0.2, 0) is 0 Å². The Labute approximate surface area is 105 Å². The molecule has 1 saturated heterocycles. The van der Waals surface area contributed by atoms with Crippen molar-refractivity contribution >= 4 is 0 Å². The molecule has 0 aromatic carbocycles. The number of rotatable bonds is 0. The zero-order valence-corrected chi connectivity index (χ0v) is 11.0. The fourth-order valence-corrected chi connectivity index (χ4v) is 1.83. The highest BCUT2D eigenvalue weighted by Gasteiger charge is 1.93. The number of nitrogens with one attached hydrogen (secondary N) is 5. The van der Waals surface area contributed by atoms with Crippen molar-refractivity contribution in [2.75, 3.05) is 65.4 Å². The minimum atomic E-state index is 1.06. The van der Waals surface area contributed by atoms with E-state index >= 15 is 0 Å². The SMILES string of the molecule is C1CNCCCNCCNCCNCCNC1. The lowest BCUT2D eigenvalue weighted by Gasteiger charge is -2.07. The smallest absolute Gasteiger partial charge is 0.00772 e. The molecule has 0 bridgehead atoms. The zero-order valence-electron chi connectivity index (χ0n) is 11.0. The first kappa shape index (κ1) is 14.9. The Morgan fingerprint density at radius 1 is 0.294 bits per heavy atom. The van der Waals surface area contributed by atoms with Crippen LogP contribution in [0.4, 0.5) is 0 Å². The van der Waals surface area contributed by atoms with Gasteiger partial charge in [-0.2, -0.15) is 0 Å².